The van der Waals surface area contributed by atoms with Gasteiger partial charge in [0.2, 0.25) is 0 Å². The Labute approximate surface area is 126 Å². The Morgan fingerprint density at radius 3 is 2.86 bits per heavy atom. The summed E-state index contributed by atoms with van der Waals surface area (Å²) in [6.45, 7) is 0.434. The van der Waals surface area contributed by atoms with Crippen LogP contribution in [0.15, 0.2) is 41.2 Å². The van der Waals surface area contributed by atoms with Crippen LogP contribution in [0.25, 0.3) is 11.0 Å². The molecule has 22 heavy (non-hydrogen) atoms. The zero-order valence-electron chi connectivity index (χ0n) is 12.0. The van der Waals surface area contributed by atoms with E-state index in [1.54, 1.807) is 0 Å². The van der Waals surface area contributed by atoms with Crippen LogP contribution in [-0.2, 0) is 13.5 Å². The fraction of sp³-hybridized carbons (Fsp3) is 0.200. The number of rotatable bonds is 4. The number of aromatic amines is 1. The van der Waals surface area contributed by atoms with E-state index >= 15 is 0 Å². The molecule has 0 spiro atoms. The maximum Gasteiger partial charge on any atom is 0.271 e. The highest BCUT2D eigenvalue weighted by Crippen LogP contribution is 2.10. The summed E-state index contributed by atoms with van der Waals surface area (Å²) in [6.07, 6.45) is 0.589. The third-order valence-electron chi connectivity index (χ3n) is 3.28. The number of amides is 1. The van der Waals surface area contributed by atoms with Gasteiger partial charge in [-0.05, 0) is 18.2 Å². The zero-order valence-corrected chi connectivity index (χ0v) is 12.0. The first-order chi connectivity index (χ1) is 10.6. The van der Waals surface area contributed by atoms with Gasteiger partial charge >= 0.3 is 0 Å². The number of H-pyrrole nitrogens is 1. The van der Waals surface area contributed by atoms with Gasteiger partial charge in [-0.1, -0.05) is 12.1 Å². The quantitative estimate of drug-likeness (QED) is 0.738. The van der Waals surface area contributed by atoms with E-state index in [0.29, 0.717) is 13.0 Å². The third kappa shape index (κ3) is 2.88. The summed E-state index contributed by atoms with van der Waals surface area (Å²) in [5.74, 6) is 0.502. The molecule has 1 amide bonds. The highest BCUT2D eigenvalue weighted by Gasteiger charge is 2.08. The van der Waals surface area contributed by atoms with Crippen LogP contribution in [0.4, 0.5) is 0 Å². The average Bonchev–Trinajstić information content (AvgIpc) is 2.92. The lowest BCUT2D eigenvalue weighted by atomic mass is 10.3. The Hall–Kier alpha value is -2.96. The number of fused-ring (bicyclic) bond motifs is 1. The predicted octanol–water partition coefficient (Wildman–Crippen LogP) is 0.629. The molecular weight excluding hydrogens is 282 g/mol. The Morgan fingerprint density at radius 1 is 1.27 bits per heavy atom. The molecule has 112 valence electrons. The standard InChI is InChI=1S/C15H15N5O2/c1-20-14(21)7-6-12(19-20)15(22)16-9-8-13-17-10-4-2-3-5-11(10)18-13/h2-7H,8-9H2,1H3,(H,16,22)(H,17,18). The van der Waals surface area contributed by atoms with Gasteiger partial charge in [0.05, 0.1) is 11.0 Å². The van der Waals surface area contributed by atoms with Crippen molar-refractivity contribution in [1.82, 2.24) is 25.1 Å². The van der Waals surface area contributed by atoms with Gasteiger partial charge in [0.1, 0.15) is 11.5 Å². The van der Waals surface area contributed by atoms with Crippen molar-refractivity contribution in [1.29, 1.82) is 0 Å². The van der Waals surface area contributed by atoms with Gasteiger partial charge in [0.25, 0.3) is 11.5 Å². The second-order valence-corrected chi connectivity index (χ2v) is 4.89. The number of hydrogen-bond donors (Lipinski definition) is 2. The number of carbonyl (C=O) groups is 1. The predicted molar refractivity (Wildman–Crippen MR) is 81.6 cm³/mol. The Kier molecular flexibility index (Phi) is 3.69. The molecule has 0 saturated carbocycles. The number of carbonyl (C=O) groups excluding carboxylic acids is 1. The van der Waals surface area contributed by atoms with Gasteiger partial charge in [-0.2, -0.15) is 5.10 Å². The number of hydrogen-bond acceptors (Lipinski definition) is 4. The first-order valence-electron chi connectivity index (χ1n) is 6.90. The van der Waals surface area contributed by atoms with Crippen molar-refractivity contribution in [2.24, 2.45) is 7.05 Å². The molecule has 0 fully saturated rings. The van der Waals surface area contributed by atoms with Gasteiger partial charge < -0.3 is 10.3 Å². The molecule has 0 atom stereocenters. The molecule has 7 heteroatoms. The molecule has 0 saturated heterocycles. The summed E-state index contributed by atoms with van der Waals surface area (Å²) in [5, 5.41) is 6.66. The van der Waals surface area contributed by atoms with Crippen molar-refractivity contribution in [3.05, 3.63) is 58.3 Å². The summed E-state index contributed by atoms with van der Waals surface area (Å²) in [5.41, 5.74) is 1.85. The first-order valence-corrected chi connectivity index (χ1v) is 6.90. The third-order valence-corrected chi connectivity index (χ3v) is 3.28. The number of aryl methyl sites for hydroxylation is 1. The summed E-state index contributed by atoms with van der Waals surface area (Å²) < 4.78 is 1.13. The largest absolute Gasteiger partial charge is 0.350 e. The Balaban J connectivity index is 1.61. The van der Waals surface area contributed by atoms with E-state index in [9.17, 15) is 9.59 Å². The van der Waals surface area contributed by atoms with Crippen LogP contribution in [0.1, 0.15) is 16.3 Å². The number of para-hydroxylation sites is 2. The normalized spacial score (nSPS) is 10.8. The summed E-state index contributed by atoms with van der Waals surface area (Å²) in [6, 6.07) is 10.5. The lowest BCUT2D eigenvalue weighted by Gasteiger charge is -2.04. The molecule has 3 rings (SSSR count). The Morgan fingerprint density at radius 2 is 2.09 bits per heavy atom. The summed E-state index contributed by atoms with van der Waals surface area (Å²) in [4.78, 5) is 30.8. The molecule has 0 aliphatic carbocycles. The van der Waals surface area contributed by atoms with E-state index in [0.717, 1.165) is 21.5 Å². The lowest BCUT2D eigenvalue weighted by Crippen LogP contribution is -2.29. The summed E-state index contributed by atoms with van der Waals surface area (Å²) >= 11 is 0. The van der Waals surface area contributed by atoms with Crippen LogP contribution in [0.2, 0.25) is 0 Å². The molecule has 1 aromatic carbocycles. The Bertz CT molecular complexity index is 848. The van der Waals surface area contributed by atoms with Crippen molar-refractivity contribution < 1.29 is 4.79 Å². The van der Waals surface area contributed by atoms with Gasteiger partial charge in [0.15, 0.2) is 0 Å². The van der Waals surface area contributed by atoms with Crippen LogP contribution in [0.3, 0.4) is 0 Å². The highest BCUT2D eigenvalue weighted by atomic mass is 16.2. The minimum absolute atomic E-state index is 0.215. The van der Waals surface area contributed by atoms with Crippen LogP contribution in [0, 0.1) is 0 Å². The van der Waals surface area contributed by atoms with Crippen LogP contribution in [-0.4, -0.2) is 32.2 Å². The lowest BCUT2D eigenvalue weighted by molar-refractivity contribution is 0.0946. The first kappa shape index (κ1) is 14.0. The van der Waals surface area contributed by atoms with Gasteiger partial charge in [-0.15, -0.1) is 0 Å². The van der Waals surface area contributed by atoms with Crippen molar-refractivity contribution in [2.45, 2.75) is 6.42 Å². The molecule has 3 aromatic rings. The molecule has 2 N–H and O–H groups in total. The van der Waals surface area contributed by atoms with E-state index in [4.69, 9.17) is 0 Å². The van der Waals surface area contributed by atoms with Crippen LogP contribution in [0.5, 0.6) is 0 Å². The fourth-order valence-corrected chi connectivity index (χ4v) is 2.13. The number of aromatic nitrogens is 4. The average molecular weight is 297 g/mol. The number of nitrogens with one attached hydrogen (secondary N) is 2. The second-order valence-electron chi connectivity index (χ2n) is 4.89. The zero-order chi connectivity index (χ0) is 15.5. The number of nitrogens with zero attached hydrogens (tertiary/aromatic N) is 3. The van der Waals surface area contributed by atoms with Crippen molar-refractivity contribution in [2.75, 3.05) is 6.54 Å². The van der Waals surface area contributed by atoms with Gasteiger partial charge in [-0.3, -0.25) is 9.59 Å². The maximum atomic E-state index is 12.0. The van der Waals surface area contributed by atoms with Gasteiger partial charge in [-0.25, -0.2) is 9.67 Å². The van der Waals surface area contributed by atoms with E-state index in [1.165, 1.54) is 19.2 Å². The van der Waals surface area contributed by atoms with Crippen molar-refractivity contribution in [3.8, 4) is 0 Å². The number of imidazole rings is 1. The molecule has 2 heterocycles. The monoisotopic (exact) mass is 297 g/mol. The van der Waals surface area contributed by atoms with E-state index in [2.05, 4.69) is 20.4 Å². The van der Waals surface area contributed by atoms with Crippen LogP contribution < -0.4 is 10.9 Å². The maximum absolute atomic E-state index is 12.0. The van der Waals surface area contributed by atoms with E-state index < -0.39 is 0 Å². The van der Waals surface area contributed by atoms with Crippen LogP contribution >= 0.6 is 0 Å². The fourth-order valence-electron chi connectivity index (χ4n) is 2.13. The molecule has 0 bridgehead atoms. The van der Waals surface area contributed by atoms with Crippen molar-refractivity contribution >= 4 is 16.9 Å². The molecular formula is C15H15N5O2. The molecule has 0 aliphatic rings. The highest BCUT2D eigenvalue weighted by molar-refractivity contribution is 5.91. The SMILES string of the molecule is Cn1nc(C(=O)NCCc2nc3ccccc3[nH]2)ccc1=O. The van der Waals surface area contributed by atoms with E-state index in [1.807, 2.05) is 24.3 Å². The minimum atomic E-state index is -0.313. The van der Waals surface area contributed by atoms with Crippen molar-refractivity contribution in [3.63, 3.8) is 0 Å². The molecule has 0 aliphatic heterocycles. The summed E-state index contributed by atoms with van der Waals surface area (Å²) in [7, 11) is 1.51. The van der Waals surface area contributed by atoms with E-state index in [-0.39, 0.29) is 17.2 Å². The molecule has 0 unspecified atom stereocenters. The van der Waals surface area contributed by atoms with Gasteiger partial charge in [0, 0.05) is 26.1 Å². The second kappa shape index (κ2) is 5.80. The molecule has 0 radical (unpaired) electrons. The smallest absolute Gasteiger partial charge is 0.271 e. The molecule has 7 nitrogen and oxygen atoms in total. The molecule has 2 aromatic heterocycles. The topological polar surface area (TPSA) is 92.7 Å². The number of benzene rings is 1. The minimum Gasteiger partial charge on any atom is -0.350 e.